The van der Waals surface area contributed by atoms with E-state index in [1.165, 1.54) is 21.3 Å². The summed E-state index contributed by atoms with van der Waals surface area (Å²) in [5.74, 6) is 1.58. The summed E-state index contributed by atoms with van der Waals surface area (Å²) in [6.45, 7) is 2.85. The first-order chi connectivity index (χ1) is 16.5. The standard InChI is InChI=1S/C25H31IN2O6/c1-31-21-10-9-20(23(32-2)24(21)33-3)27-25(30)34-16-4-13-28-14-11-18(12-15-28)22(29)17-5-7-19(26)8-6-17/h5-10,18H,4,11-16H2,1-3H3,(H,27,30). The summed E-state index contributed by atoms with van der Waals surface area (Å²) in [4.78, 5) is 27.3. The highest BCUT2D eigenvalue weighted by atomic mass is 127. The molecule has 3 rings (SSSR count). The van der Waals surface area contributed by atoms with Gasteiger partial charge in [-0.05, 0) is 79.2 Å². The molecule has 1 N–H and O–H groups in total. The Hall–Kier alpha value is -2.53. The Morgan fingerprint density at radius 2 is 1.65 bits per heavy atom. The summed E-state index contributed by atoms with van der Waals surface area (Å²) in [7, 11) is 4.53. The van der Waals surface area contributed by atoms with E-state index in [-0.39, 0.29) is 11.7 Å². The second-order valence-electron chi connectivity index (χ2n) is 7.98. The number of ketones is 1. The average molecular weight is 582 g/mol. The number of likely N-dealkylation sites (tertiary alicyclic amines) is 1. The van der Waals surface area contributed by atoms with Crippen molar-refractivity contribution in [3.8, 4) is 17.2 Å². The van der Waals surface area contributed by atoms with Crippen molar-refractivity contribution in [3.63, 3.8) is 0 Å². The number of nitrogens with zero attached hydrogens (tertiary/aromatic N) is 1. The van der Waals surface area contributed by atoms with Gasteiger partial charge in [-0.3, -0.25) is 10.1 Å². The molecule has 2 aromatic rings. The van der Waals surface area contributed by atoms with Crippen molar-refractivity contribution in [1.82, 2.24) is 4.90 Å². The molecule has 1 saturated heterocycles. The highest BCUT2D eigenvalue weighted by Crippen LogP contribution is 2.42. The SMILES string of the molecule is COc1ccc(NC(=O)OCCCN2CCC(C(=O)c3ccc(I)cc3)CC2)c(OC)c1OC. The lowest BCUT2D eigenvalue weighted by Crippen LogP contribution is -2.37. The summed E-state index contributed by atoms with van der Waals surface area (Å²) >= 11 is 2.24. The molecular weight excluding hydrogens is 551 g/mol. The lowest BCUT2D eigenvalue weighted by Gasteiger charge is -2.31. The van der Waals surface area contributed by atoms with Crippen LogP contribution in [0.3, 0.4) is 0 Å². The number of hydrogen-bond acceptors (Lipinski definition) is 7. The molecule has 1 fully saturated rings. The fourth-order valence-electron chi connectivity index (χ4n) is 4.07. The van der Waals surface area contributed by atoms with Crippen LogP contribution >= 0.6 is 22.6 Å². The van der Waals surface area contributed by atoms with Gasteiger partial charge < -0.3 is 23.8 Å². The lowest BCUT2D eigenvalue weighted by atomic mass is 9.89. The molecule has 1 heterocycles. The van der Waals surface area contributed by atoms with Crippen LogP contribution < -0.4 is 19.5 Å². The number of anilines is 1. The topological polar surface area (TPSA) is 86.3 Å². The molecule has 34 heavy (non-hydrogen) atoms. The number of carbonyl (C=O) groups is 2. The first kappa shape index (κ1) is 26.1. The number of piperidine rings is 1. The van der Waals surface area contributed by atoms with E-state index >= 15 is 0 Å². The molecule has 0 aromatic heterocycles. The fourth-order valence-corrected chi connectivity index (χ4v) is 4.43. The molecule has 0 bridgehead atoms. The third kappa shape index (κ3) is 6.75. The second kappa shape index (κ2) is 12.8. The van der Waals surface area contributed by atoms with Crippen LogP contribution in [-0.4, -0.2) is 64.3 Å². The minimum absolute atomic E-state index is 0.0785. The number of ether oxygens (including phenoxy) is 4. The summed E-state index contributed by atoms with van der Waals surface area (Å²) < 4.78 is 22.4. The molecule has 184 valence electrons. The maximum Gasteiger partial charge on any atom is 0.411 e. The lowest BCUT2D eigenvalue weighted by molar-refractivity contribution is 0.0830. The van der Waals surface area contributed by atoms with E-state index < -0.39 is 6.09 Å². The number of carbonyl (C=O) groups excluding carboxylic acids is 2. The third-order valence-corrected chi connectivity index (χ3v) is 6.60. The van der Waals surface area contributed by atoms with Crippen molar-refractivity contribution in [2.75, 3.05) is 52.9 Å². The maximum atomic E-state index is 12.7. The minimum Gasteiger partial charge on any atom is -0.493 e. The van der Waals surface area contributed by atoms with Crippen molar-refractivity contribution < 1.29 is 28.5 Å². The molecule has 1 aliphatic heterocycles. The smallest absolute Gasteiger partial charge is 0.411 e. The molecule has 0 atom stereocenters. The Labute approximate surface area is 214 Å². The summed E-state index contributed by atoms with van der Waals surface area (Å²) in [5.41, 5.74) is 1.23. The van der Waals surface area contributed by atoms with Gasteiger partial charge in [0.1, 0.15) is 0 Å². The van der Waals surface area contributed by atoms with Crippen LogP contribution in [0.15, 0.2) is 36.4 Å². The van der Waals surface area contributed by atoms with Crippen molar-refractivity contribution in [2.24, 2.45) is 5.92 Å². The molecule has 0 spiro atoms. The molecule has 2 aromatic carbocycles. The van der Waals surface area contributed by atoms with Crippen LogP contribution in [-0.2, 0) is 4.74 Å². The predicted molar refractivity (Wildman–Crippen MR) is 138 cm³/mol. The Morgan fingerprint density at radius 1 is 0.971 bits per heavy atom. The quantitative estimate of drug-likeness (QED) is 0.244. The van der Waals surface area contributed by atoms with Gasteiger partial charge in [0.25, 0.3) is 0 Å². The van der Waals surface area contributed by atoms with Gasteiger partial charge >= 0.3 is 6.09 Å². The molecule has 0 saturated carbocycles. The van der Waals surface area contributed by atoms with Gasteiger partial charge in [0.05, 0.1) is 33.6 Å². The molecule has 0 aliphatic carbocycles. The third-order valence-electron chi connectivity index (χ3n) is 5.88. The Kier molecular flexibility index (Phi) is 9.82. The van der Waals surface area contributed by atoms with Crippen LogP contribution in [0, 0.1) is 9.49 Å². The van der Waals surface area contributed by atoms with Gasteiger partial charge in [0.2, 0.25) is 5.75 Å². The summed E-state index contributed by atoms with van der Waals surface area (Å²) in [6.07, 6.45) is 1.86. The fraction of sp³-hybridized carbons (Fsp3) is 0.440. The zero-order chi connectivity index (χ0) is 24.5. The van der Waals surface area contributed by atoms with Crippen molar-refractivity contribution in [2.45, 2.75) is 19.3 Å². The van der Waals surface area contributed by atoms with E-state index in [0.717, 1.165) is 41.6 Å². The van der Waals surface area contributed by atoms with Crippen LogP contribution in [0.1, 0.15) is 29.6 Å². The molecule has 1 aliphatic rings. The van der Waals surface area contributed by atoms with Crippen LogP contribution in [0.4, 0.5) is 10.5 Å². The van der Waals surface area contributed by atoms with Crippen molar-refractivity contribution in [3.05, 3.63) is 45.5 Å². The number of halogens is 1. The van der Waals surface area contributed by atoms with E-state index in [1.807, 2.05) is 24.3 Å². The van der Waals surface area contributed by atoms with Crippen molar-refractivity contribution >= 4 is 40.2 Å². The average Bonchev–Trinajstić information content (AvgIpc) is 2.86. The van der Waals surface area contributed by atoms with Gasteiger partial charge in [0.15, 0.2) is 17.3 Å². The number of nitrogens with one attached hydrogen (secondary N) is 1. The van der Waals surface area contributed by atoms with Gasteiger partial charge in [0, 0.05) is 21.6 Å². The zero-order valence-electron chi connectivity index (χ0n) is 19.8. The first-order valence-corrected chi connectivity index (χ1v) is 12.3. The van der Waals surface area contributed by atoms with Crippen LogP contribution in [0.2, 0.25) is 0 Å². The summed E-state index contributed by atoms with van der Waals surface area (Å²) in [6, 6.07) is 11.1. The number of rotatable bonds is 10. The van der Waals surface area contributed by atoms with E-state index in [2.05, 4.69) is 32.8 Å². The number of methoxy groups -OCH3 is 3. The molecule has 8 nitrogen and oxygen atoms in total. The van der Waals surface area contributed by atoms with Crippen LogP contribution in [0.25, 0.3) is 0 Å². The second-order valence-corrected chi connectivity index (χ2v) is 9.23. The van der Waals surface area contributed by atoms with Gasteiger partial charge in [-0.15, -0.1) is 0 Å². The van der Waals surface area contributed by atoms with Gasteiger partial charge in [-0.1, -0.05) is 12.1 Å². The first-order valence-electron chi connectivity index (χ1n) is 11.2. The van der Waals surface area contributed by atoms with E-state index in [4.69, 9.17) is 18.9 Å². The highest BCUT2D eigenvalue weighted by Gasteiger charge is 2.25. The number of benzene rings is 2. The molecular formula is C25H31IN2O6. The maximum absolute atomic E-state index is 12.7. The monoisotopic (exact) mass is 582 g/mol. The summed E-state index contributed by atoms with van der Waals surface area (Å²) in [5, 5.41) is 2.69. The molecule has 1 amide bonds. The molecule has 9 heteroatoms. The largest absolute Gasteiger partial charge is 0.493 e. The zero-order valence-corrected chi connectivity index (χ0v) is 21.9. The van der Waals surface area contributed by atoms with Gasteiger partial charge in [-0.25, -0.2) is 4.79 Å². The number of Topliss-reactive ketones (excluding diaryl/α,β-unsaturated/α-hetero) is 1. The Bertz CT molecular complexity index is 974. The Morgan fingerprint density at radius 3 is 2.26 bits per heavy atom. The number of hydrogen-bond donors (Lipinski definition) is 1. The molecule has 0 radical (unpaired) electrons. The van der Waals surface area contributed by atoms with Gasteiger partial charge in [-0.2, -0.15) is 0 Å². The van der Waals surface area contributed by atoms with E-state index in [0.29, 0.717) is 36.0 Å². The normalized spacial score (nSPS) is 14.4. The predicted octanol–water partition coefficient (Wildman–Crippen LogP) is 4.85. The van der Waals surface area contributed by atoms with Crippen LogP contribution in [0.5, 0.6) is 17.2 Å². The Balaban J connectivity index is 1.39. The minimum atomic E-state index is -0.563. The highest BCUT2D eigenvalue weighted by molar-refractivity contribution is 14.1. The van der Waals surface area contributed by atoms with E-state index in [1.54, 1.807) is 12.1 Å². The van der Waals surface area contributed by atoms with Crippen molar-refractivity contribution in [1.29, 1.82) is 0 Å². The van der Waals surface area contributed by atoms with E-state index in [9.17, 15) is 9.59 Å². The number of amides is 1. The molecule has 0 unspecified atom stereocenters.